The van der Waals surface area contributed by atoms with Gasteiger partial charge in [0.2, 0.25) is 0 Å². The number of carbonyl (C=O) groups is 3. The van der Waals surface area contributed by atoms with Crippen molar-refractivity contribution in [3.05, 3.63) is 0 Å². The lowest BCUT2D eigenvalue weighted by Gasteiger charge is -2.19. The monoisotopic (exact) mass is 415 g/mol. The fraction of sp³-hybridized carbons (Fsp3) is 0.864. The highest BCUT2D eigenvalue weighted by Crippen LogP contribution is 2.05. The summed E-state index contributed by atoms with van der Waals surface area (Å²) in [6.07, 6.45) is 12.0. The fourth-order valence-corrected chi connectivity index (χ4v) is 2.83. The molecule has 0 spiro atoms. The normalized spacial score (nSPS) is 10.8. The Hall–Kier alpha value is -1.63. The largest absolute Gasteiger partial charge is 0.468 e. The SMILES string of the molecule is CCCCCCCCOC(=O)CN(CC(=O)OC)CC(=O)OCCCCCCC. The Morgan fingerprint density at radius 2 is 0.966 bits per heavy atom. The third-order valence-electron chi connectivity index (χ3n) is 4.56. The minimum Gasteiger partial charge on any atom is -0.468 e. The molecule has 0 aromatic rings. The van der Waals surface area contributed by atoms with Crippen LogP contribution < -0.4 is 0 Å². The van der Waals surface area contributed by atoms with Crippen LogP contribution in [0.15, 0.2) is 0 Å². The number of methoxy groups -OCH3 is 1. The van der Waals surface area contributed by atoms with Crippen LogP contribution in [-0.4, -0.2) is 62.8 Å². The first-order chi connectivity index (χ1) is 14.0. The number of hydrogen-bond donors (Lipinski definition) is 0. The smallest absolute Gasteiger partial charge is 0.320 e. The third-order valence-corrected chi connectivity index (χ3v) is 4.56. The van der Waals surface area contributed by atoms with Crippen molar-refractivity contribution in [2.75, 3.05) is 40.0 Å². The van der Waals surface area contributed by atoms with Gasteiger partial charge in [0.15, 0.2) is 0 Å². The van der Waals surface area contributed by atoms with E-state index in [1.165, 1.54) is 37.7 Å². The number of rotatable bonds is 19. The zero-order valence-corrected chi connectivity index (χ0v) is 18.7. The summed E-state index contributed by atoms with van der Waals surface area (Å²) in [5.74, 6) is -1.41. The molecule has 0 saturated heterocycles. The number of unbranched alkanes of at least 4 members (excludes halogenated alkanes) is 9. The first-order valence-electron chi connectivity index (χ1n) is 11.1. The van der Waals surface area contributed by atoms with Crippen LogP contribution in [0.5, 0.6) is 0 Å². The van der Waals surface area contributed by atoms with Crippen molar-refractivity contribution in [1.82, 2.24) is 4.90 Å². The van der Waals surface area contributed by atoms with E-state index in [1.54, 1.807) is 0 Å². The molecule has 7 nitrogen and oxygen atoms in total. The Bertz CT molecular complexity index is 441. The highest BCUT2D eigenvalue weighted by Gasteiger charge is 2.19. The molecule has 0 radical (unpaired) electrons. The van der Waals surface area contributed by atoms with Gasteiger partial charge in [-0.2, -0.15) is 0 Å². The fourth-order valence-electron chi connectivity index (χ4n) is 2.83. The van der Waals surface area contributed by atoms with Gasteiger partial charge in [0, 0.05) is 0 Å². The van der Waals surface area contributed by atoms with Gasteiger partial charge >= 0.3 is 17.9 Å². The summed E-state index contributed by atoms with van der Waals surface area (Å²) in [5.41, 5.74) is 0. The molecule has 0 heterocycles. The molecule has 0 aliphatic rings. The van der Waals surface area contributed by atoms with Crippen LogP contribution in [0.25, 0.3) is 0 Å². The van der Waals surface area contributed by atoms with E-state index >= 15 is 0 Å². The van der Waals surface area contributed by atoms with Crippen molar-refractivity contribution in [3.63, 3.8) is 0 Å². The predicted molar refractivity (Wildman–Crippen MR) is 113 cm³/mol. The van der Waals surface area contributed by atoms with E-state index in [2.05, 4.69) is 18.6 Å². The van der Waals surface area contributed by atoms with Crippen molar-refractivity contribution in [1.29, 1.82) is 0 Å². The van der Waals surface area contributed by atoms with Gasteiger partial charge in [0.1, 0.15) is 0 Å². The van der Waals surface area contributed by atoms with Crippen molar-refractivity contribution in [3.8, 4) is 0 Å². The molecule has 0 aromatic heterocycles. The van der Waals surface area contributed by atoms with Gasteiger partial charge in [-0.3, -0.25) is 19.3 Å². The molecule has 0 bridgehead atoms. The maximum absolute atomic E-state index is 12.0. The van der Waals surface area contributed by atoms with Gasteiger partial charge in [-0.1, -0.05) is 71.6 Å². The first kappa shape index (κ1) is 27.4. The molecule has 0 fully saturated rings. The molecule has 0 atom stereocenters. The lowest BCUT2D eigenvalue weighted by Crippen LogP contribution is -2.40. The second-order valence-electron chi connectivity index (χ2n) is 7.34. The number of ether oxygens (including phenoxy) is 3. The topological polar surface area (TPSA) is 82.1 Å². The molecule has 29 heavy (non-hydrogen) atoms. The van der Waals surface area contributed by atoms with Crippen LogP contribution in [-0.2, 0) is 28.6 Å². The Morgan fingerprint density at radius 3 is 1.38 bits per heavy atom. The average molecular weight is 416 g/mol. The summed E-state index contributed by atoms with van der Waals surface area (Å²) in [6.45, 7) is 4.59. The van der Waals surface area contributed by atoms with E-state index in [1.807, 2.05) is 0 Å². The van der Waals surface area contributed by atoms with E-state index in [0.29, 0.717) is 13.2 Å². The van der Waals surface area contributed by atoms with Crippen molar-refractivity contribution in [2.24, 2.45) is 0 Å². The van der Waals surface area contributed by atoms with Crippen molar-refractivity contribution < 1.29 is 28.6 Å². The van der Waals surface area contributed by atoms with E-state index < -0.39 is 17.9 Å². The summed E-state index contributed by atoms with van der Waals surface area (Å²) < 4.78 is 15.1. The number of hydrogen-bond acceptors (Lipinski definition) is 7. The van der Waals surface area contributed by atoms with E-state index in [0.717, 1.165) is 44.9 Å². The Morgan fingerprint density at radius 1 is 0.586 bits per heavy atom. The Labute approximate surface area is 176 Å². The molecule has 0 amide bonds. The molecule has 0 saturated carbocycles. The minimum atomic E-state index is -0.513. The summed E-state index contributed by atoms with van der Waals surface area (Å²) in [6, 6.07) is 0. The summed E-state index contributed by atoms with van der Waals surface area (Å²) in [4.78, 5) is 37.0. The molecular formula is C22H41NO6. The van der Waals surface area contributed by atoms with Crippen LogP contribution in [0.4, 0.5) is 0 Å². The molecule has 0 aliphatic heterocycles. The zero-order chi connectivity index (χ0) is 21.7. The third kappa shape index (κ3) is 18.2. The molecule has 0 aromatic carbocycles. The van der Waals surface area contributed by atoms with E-state index in [-0.39, 0.29) is 19.6 Å². The van der Waals surface area contributed by atoms with Crippen LogP contribution >= 0.6 is 0 Å². The van der Waals surface area contributed by atoms with Crippen molar-refractivity contribution >= 4 is 17.9 Å². The minimum absolute atomic E-state index is 0.142. The number of esters is 3. The second kappa shape index (κ2) is 19.7. The lowest BCUT2D eigenvalue weighted by atomic mass is 10.1. The van der Waals surface area contributed by atoms with Gasteiger partial charge < -0.3 is 14.2 Å². The van der Waals surface area contributed by atoms with Gasteiger partial charge in [0.25, 0.3) is 0 Å². The second-order valence-corrected chi connectivity index (χ2v) is 7.34. The maximum Gasteiger partial charge on any atom is 0.320 e. The zero-order valence-electron chi connectivity index (χ0n) is 18.7. The molecule has 0 unspecified atom stereocenters. The summed E-state index contributed by atoms with van der Waals surface area (Å²) >= 11 is 0. The predicted octanol–water partition coefficient (Wildman–Crippen LogP) is 3.88. The van der Waals surface area contributed by atoms with E-state index in [4.69, 9.17) is 9.47 Å². The molecule has 170 valence electrons. The molecule has 7 heteroatoms. The summed E-state index contributed by atoms with van der Waals surface area (Å²) in [7, 11) is 1.27. The Balaban J connectivity index is 4.14. The highest BCUT2D eigenvalue weighted by atomic mass is 16.5. The molecule has 0 N–H and O–H groups in total. The van der Waals surface area contributed by atoms with Crippen LogP contribution in [0.1, 0.15) is 84.5 Å². The van der Waals surface area contributed by atoms with Gasteiger partial charge in [-0.05, 0) is 12.8 Å². The number of nitrogens with zero attached hydrogens (tertiary/aromatic N) is 1. The van der Waals surface area contributed by atoms with Gasteiger partial charge in [-0.15, -0.1) is 0 Å². The lowest BCUT2D eigenvalue weighted by molar-refractivity contribution is -0.151. The first-order valence-corrected chi connectivity index (χ1v) is 11.1. The van der Waals surface area contributed by atoms with E-state index in [9.17, 15) is 14.4 Å². The highest BCUT2D eigenvalue weighted by molar-refractivity contribution is 5.78. The van der Waals surface area contributed by atoms with Crippen LogP contribution in [0.3, 0.4) is 0 Å². The molecule has 0 aliphatic carbocycles. The average Bonchev–Trinajstić information content (AvgIpc) is 2.69. The van der Waals surface area contributed by atoms with Crippen LogP contribution in [0, 0.1) is 0 Å². The Kier molecular flexibility index (Phi) is 18.6. The quantitative estimate of drug-likeness (QED) is 0.180. The van der Waals surface area contributed by atoms with Crippen molar-refractivity contribution in [2.45, 2.75) is 84.5 Å². The van der Waals surface area contributed by atoms with Crippen LogP contribution in [0.2, 0.25) is 0 Å². The van der Waals surface area contributed by atoms with Gasteiger partial charge in [-0.25, -0.2) is 0 Å². The standard InChI is InChI=1S/C22H41NO6/c1-4-6-8-10-12-14-16-29-22(26)19-23(17-20(24)27-3)18-21(25)28-15-13-11-9-7-5-2/h4-19H2,1-3H3. The maximum atomic E-state index is 12.0. The summed E-state index contributed by atoms with van der Waals surface area (Å²) in [5, 5.41) is 0. The number of carbonyl (C=O) groups excluding carboxylic acids is 3. The molecule has 0 rings (SSSR count). The molecular weight excluding hydrogens is 374 g/mol. The van der Waals surface area contributed by atoms with Gasteiger partial charge in [0.05, 0.1) is 40.0 Å².